The Balaban J connectivity index is 1.59. The Morgan fingerprint density at radius 3 is 2.39 bits per heavy atom. The van der Waals surface area contributed by atoms with Gasteiger partial charge in [0, 0.05) is 36.9 Å². The largest absolute Gasteiger partial charge is 0.482 e. The van der Waals surface area contributed by atoms with Gasteiger partial charge in [-0.25, -0.2) is 22.0 Å². The predicted octanol–water partition coefficient (Wildman–Crippen LogP) is 3.94. The number of halogens is 5. The number of hydrogen-bond donors (Lipinski definition) is 1. The van der Waals surface area contributed by atoms with Crippen LogP contribution in [0, 0.1) is 17.5 Å². The molecule has 1 saturated heterocycles. The number of alkyl halides is 2. The molecule has 0 spiro atoms. The van der Waals surface area contributed by atoms with Gasteiger partial charge in [-0.1, -0.05) is 30.3 Å². The highest BCUT2D eigenvalue weighted by Gasteiger charge is 2.51. The molecule has 41 heavy (non-hydrogen) atoms. The molecular formula is C28H25F5N4O4. The third-order valence-corrected chi connectivity index (χ3v) is 7.34. The van der Waals surface area contributed by atoms with E-state index in [0.29, 0.717) is 17.7 Å². The highest BCUT2D eigenvalue weighted by atomic mass is 19.3. The number of ether oxygens (including phenoxy) is 1. The predicted molar refractivity (Wildman–Crippen MR) is 137 cm³/mol. The van der Waals surface area contributed by atoms with E-state index >= 15 is 0 Å². The number of pyridine rings is 1. The second-order valence-electron chi connectivity index (χ2n) is 10.0. The van der Waals surface area contributed by atoms with E-state index in [9.17, 15) is 36.3 Å². The Kier molecular flexibility index (Phi) is 7.22. The second kappa shape index (κ2) is 10.5. The highest BCUT2D eigenvalue weighted by Crippen LogP contribution is 2.37. The molecule has 2 aliphatic heterocycles. The van der Waals surface area contributed by atoms with Crippen LogP contribution in [0.2, 0.25) is 0 Å². The van der Waals surface area contributed by atoms with Crippen LogP contribution in [0.4, 0.5) is 22.0 Å². The van der Waals surface area contributed by atoms with Crippen LogP contribution in [-0.4, -0.2) is 46.1 Å². The van der Waals surface area contributed by atoms with Crippen LogP contribution in [0.5, 0.6) is 5.75 Å². The lowest BCUT2D eigenvalue weighted by Gasteiger charge is -2.42. The van der Waals surface area contributed by atoms with E-state index in [0.717, 1.165) is 15.8 Å². The summed E-state index contributed by atoms with van der Waals surface area (Å²) in [5, 5.41) is 3.65. The van der Waals surface area contributed by atoms with E-state index in [1.165, 1.54) is 18.9 Å². The van der Waals surface area contributed by atoms with Crippen molar-refractivity contribution in [3.8, 4) is 5.75 Å². The summed E-state index contributed by atoms with van der Waals surface area (Å²) in [7, 11) is 0. The highest BCUT2D eigenvalue weighted by molar-refractivity contribution is 5.99. The molecule has 2 aliphatic rings. The summed E-state index contributed by atoms with van der Waals surface area (Å²) in [5.74, 6) is -9.37. The van der Waals surface area contributed by atoms with Crippen molar-refractivity contribution < 1.29 is 36.3 Å². The molecule has 2 aromatic carbocycles. The molecule has 3 heterocycles. The van der Waals surface area contributed by atoms with Crippen molar-refractivity contribution in [3.05, 3.63) is 98.7 Å². The summed E-state index contributed by atoms with van der Waals surface area (Å²) in [5.41, 5.74) is -1.93. The van der Waals surface area contributed by atoms with E-state index in [-0.39, 0.29) is 19.0 Å². The Hall–Kier alpha value is -4.42. The van der Waals surface area contributed by atoms with Crippen LogP contribution >= 0.6 is 0 Å². The molecule has 216 valence electrons. The van der Waals surface area contributed by atoms with Crippen molar-refractivity contribution in [1.29, 1.82) is 0 Å². The van der Waals surface area contributed by atoms with Crippen LogP contribution in [0.3, 0.4) is 0 Å². The van der Waals surface area contributed by atoms with E-state index in [1.807, 2.05) is 0 Å². The topological polar surface area (TPSA) is 83.9 Å². The van der Waals surface area contributed by atoms with Gasteiger partial charge >= 0.3 is 0 Å². The monoisotopic (exact) mass is 576 g/mol. The Morgan fingerprint density at radius 1 is 1.07 bits per heavy atom. The average molecular weight is 577 g/mol. The van der Waals surface area contributed by atoms with Crippen molar-refractivity contribution in [3.63, 3.8) is 0 Å². The molecule has 2 amide bonds. The summed E-state index contributed by atoms with van der Waals surface area (Å²) >= 11 is 0. The maximum atomic E-state index is 15.0. The fourth-order valence-corrected chi connectivity index (χ4v) is 4.98. The molecule has 13 heteroatoms. The number of benzene rings is 2. The molecule has 0 saturated carbocycles. The zero-order valence-electron chi connectivity index (χ0n) is 22.0. The van der Waals surface area contributed by atoms with Gasteiger partial charge in [0.2, 0.25) is 5.43 Å². The minimum Gasteiger partial charge on any atom is -0.482 e. The van der Waals surface area contributed by atoms with Crippen LogP contribution in [0.1, 0.15) is 52.2 Å². The molecule has 0 aliphatic carbocycles. The van der Waals surface area contributed by atoms with Crippen molar-refractivity contribution in [1.82, 2.24) is 14.9 Å². The lowest BCUT2D eigenvalue weighted by molar-refractivity contribution is -0.0653. The molecular weight excluding hydrogens is 551 g/mol. The molecule has 2 bridgehead atoms. The number of carbonyl (C=O) groups is 2. The van der Waals surface area contributed by atoms with Gasteiger partial charge < -0.3 is 15.0 Å². The minimum atomic E-state index is -3.25. The molecule has 0 radical (unpaired) electrons. The van der Waals surface area contributed by atoms with Gasteiger partial charge in [0.1, 0.15) is 36.3 Å². The smallest absolute Gasteiger partial charge is 0.278 e. The van der Waals surface area contributed by atoms with Crippen LogP contribution in [0.15, 0.2) is 53.5 Å². The van der Waals surface area contributed by atoms with Gasteiger partial charge in [-0.05, 0) is 19.4 Å². The first kappa shape index (κ1) is 28.1. The SMILES string of the molecule is C[C@@H]1CC(F)(F)[C@H](C)N2CN1n1cc(C(=O)NCc3c(F)cc(F)cc3F)c(=O)c(OCc3ccccc3)c1C2=O. The summed E-state index contributed by atoms with van der Waals surface area (Å²) in [6.45, 7) is 1.58. The summed E-state index contributed by atoms with van der Waals surface area (Å²) < 4.78 is 78.4. The summed E-state index contributed by atoms with van der Waals surface area (Å²) in [6.07, 6.45) is 0.411. The first-order valence-electron chi connectivity index (χ1n) is 12.7. The van der Waals surface area contributed by atoms with Gasteiger partial charge in [0.25, 0.3) is 17.7 Å². The number of rotatable bonds is 6. The number of aromatic nitrogens is 1. The standard InChI is InChI=1S/C28H25F5N4O4/c1-15-10-28(32,33)16(2)35-14-37(15)36-12-20(26(39)34-11-19-21(30)8-18(29)9-22(19)31)24(38)25(23(36)27(35)40)41-13-17-6-4-3-5-7-17/h3-9,12,15-16H,10-11,13-14H2,1-2H3,(H,34,39)/t15-,16+/m1/s1. The number of amides is 2. The molecule has 5 rings (SSSR count). The van der Waals surface area contributed by atoms with Crippen molar-refractivity contribution in [2.75, 3.05) is 11.7 Å². The maximum absolute atomic E-state index is 15.0. The number of fused-ring (bicyclic) bond motifs is 4. The van der Waals surface area contributed by atoms with Crippen molar-refractivity contribution in [2.24, 2.45) is 0 Å². The van der Waals surface area contributed by atoms with Gasteiger partial charge in [-0.15, -0.1) is 0 Å². The van der Waals surface area contributed by atoms with Crippen molar-refractivity contribution in [2.45, 2.75) is 51.4 Å². The first-order valence-corrected chi connectivity index (χ1v) is 12.7. The average Bonchev–Trinajstić information content (AvgIpc) is 2.99. The van der Waals surface area contributed by atoms with E-state index in [1.54, 1.807) is 30.3 Å². The second-order valence-corrected chi connectivity index (χ2v) is 10.0. The molecule has 2 atom stereocenters. The van der Waals surface area contributed by atoms with Crippen molar-refractivity contribution >= 4 is 11.8 Å². The molecule has 8 nitrogen and oxygen atoms in total. The van der Waals surface area contributed by atoms with E-state index in [2.05, 4.69) is 5.32 Å². The van der Waals surface area contributed by atoms with Crippen LogP contribution in [0.25, 0.3) is 0 Å². The fraction of sp³-hybridized carbons (Fsp3) is 0.321. The third kappa shape index (κ3) is 5.11. The van der Waals surface area contributed by atoms with E-state index < -0.39 is 82.5 Å². The quantitative estimate of drug-likeness (QED) is 0.450. The molecule has 1 N–H and O–H groups in total. The van der Waals surface area contributed by atoms with Gasteiger partial charge in [-0.2, -0.15) is 0 Å². The normalized spacial score (nSPS) is 19.4. The number of carbonyl (C=O) groups excluding carboxylic acids is 2. The van der Waals surface area contributed by atoms with Crippen LogP contribution in [-0.2, 0) is 13.2 Å². The first-order chi connectivity index (χ1) is 19.4. The maximum Gasteiger partial charge on any atom is 0.278 e. The molecule has 1 fully saturated rings. The summed E-state index contributed by atoms with van der Waals surface area (Å²) in [4.78, 5) is 41.3. The number of hydrogen-bond acceptors (Lipinski definition) is 5. The lowest BCUT2D eigenvalue weighted by Crippen LogP contribution is -2.58. The Labute approximate surface area is 230 Å². The van der Waals surface area contributed by atoms with Gasteiger partial charge in [0.15, 0.2) is 11.4 Å². The number of nitrogens with zero attached hydrogens (tertiary/aromatic N) is 3. The summed E-state index contributed by atoms with van der Waals surface area (Å²) in [6, 6.07) is 7.17. The van der Waals surface area contributed by atoms with E-state index in [4.69, 9.17) is 4.74 Å². The third-order valence-electron chi connectivity index (χ3n) is 7.34. The Morgan fingerprint density at radius 2 is 1.73 bits per heavy atom. The zero-order chi connectivity index (χ0) is 29.6. The minimum absolute atomic E-state index is 0.186. The molecule has 1 aromatic heterocycles. The number of nitrogens with one attached hydrogen (secondary N) is 1. The molecule has 0 unspecified atom stereocenters. The molecule has 3 aromatic rings. The fourth-order valence-electron chi connectivity index (χ4n) is 4.98. The van der Waals surface area contributed by atoms with Gasteiger partial charge in [0.05, 0.1) is 12.1 Å². The van der Waals surface area contributed by atoms with Crippen LogP contribution < -0.4 is 20.5 Å². The Bertz CT molecular complexity index is 1560. The lowest BCUT2D eigenvalue weighted by atomic mass is 10.0. The zero-order valence-corrected chi connectivity index (χ0v) is 22.0. The van der Waals surface area contributed by atoms with Gasteiger partial charge in [-0.3, -0.25) is 24.1 Å².